The summed E-state index contributed by atoms with van der Waals surface area (Å²) in [5.41, 5.74) is 1.58. The topological polar surface area (TPSA) is 9.23 Å². The van der Waals surface area contributed by atoms with Crippen LogP contribution in [0, 0.1) is 6.92 Å². The Hall–Kier alpha value is -0.625. The van der Waals surface area contributed by atoms with E-state index in [0.29, 0.717) is 16.2 Å². The van der Waals surface area contributed by atoms with E-state index < -0.39 is 0 Å². The molecule has 0 saturated heterocycles. The lowest BCUT2D eigenvalue weighted by Crippen LogP contribution is -2.07. The van der Waals surface area contributed by atoms with Gasteiger partial charge in [-0.1, -0.05) is 23.1 Å². The molecular weight excluding hydrogens is 158 g/mol. The lowest BCUT2D eigenvalue weighted by atomic mass is 9.93. The Morgan fingerprint density at radius 1 is 1.45 bits per heavy atom. The van der Waals surface area contributed by atoms with Gasteiger partial charge in [0.15, 0.2) is 0 Å². The summed E-state index contributed by atoms with van der Waals surface area (Å²) in [6.07, 6.45) is 0. The minimum absolute atomic E-state index is 0.620. The van der Waals surface area contributed by atoms with Crippen molar-refractivity contribution in [3.63, 3.8) is 0 Å². The third kappa shape index (κ3) is 1.69. The van der Waals surface area contributed by atoms with Crippen molar-refractivity contribution >= 4 is 24.9 Å². The van der Waals surface area contributed by atoms with Gasteiger partial charge in [0.25, 0.3) is 0 Å². The molecule has 0 aliphatic carbocycles. The van der Waals surface area contributed by atoms with Crippen LogP contribution in [0.25, 0.3) is 0 Å². The lowest BCUT2D eigenvalue weighted by Gasteiger charge is -2.06. The van der Waals surface area contributed by atoms with Gasteiger partial charge in [-0.3, -0.25) is 0 Å². The van der Waals surface area contributed by atoms with Crippen LogP contribution in [0.3, 0.4) is 0 Å². The van der Waals surface area contributed by atoms with Crippen molar-refractivity contribution in [1.29, 1.82) is 0 Å². The fraction of sp³-hybridized carbons (Fsp3) is 0.250. The minimum Gasteiger partial charge on any atom is -0.497 e. The molecule has 3 heteroatoms. The van der Waals surface area contributed by atoms with Gasteiger partial charge in [-0.2, -0.15) is 0 Å². The summed E-state index contributed by atoms with van der Waals surface area (Å²) in [5.74, 6) is 0.626. The molecule has 0 heterocycles. The molecule has 0 unspecified atom stereocenters. The van der Waals surface area contributed by atoms with E-state index in [1.54, 1.807) is 19.2 Å². The van der Waals surface area contributed by atoms with E-state index in [-0.39, 0.29) is 0 Å². The van der Waals surface area contributed by atoms with Crippen molar-refractivity contribution in [2.45, 2.75) is 6.92 Å². The quantitative estimate of drug-likeness (QED) is 0.574. The molecule has 1 aromatic carbocycles. The zero-order valence-electron chi connectivity index (χ0n) is 6.52. The molecule has 2 radical (unpaired) electrons. The van der Waals surface area contributed by atoms with Gasteiger partial charge in [-0.05, 0) is 18.6 Å². The van der Waals surface area contributed by atoms with E-state index in [1.807, 2.05) is 6.92 Å². The number of ether oxygens (including phenoxy) is 1. The molecule has 0 aliphatic rings. The number of hydrogen-bond acceptors (Lipinski definition) is 1. The molecule has 0 saturated carbocycles. The first kappa shape index (κ1) is 8.47. The molecule has 0 atom stereocenters. The number of aryl methyl sites for hydroxylation is 1. The second kappa shape index (κ2) is 3.18. The Balaban J connectivity index is 3.21. The van der Waals surface area contributed by atoms with Crippen LogP contribution in [0.1, 0.15) is 5.56 Å². The maximum absolute atomic E-state index is 5.83. The van der Waals surface area contributed by atoms with Crippen LogP contribution in [-0.2, 0) is 0 Å². The molecule has 1 nitrogen and oxygen atoms in total. The smallest absolute Gasteiger partial charge is 0.119 e. The fourth-order valence-corrected chi connectivity index (χ4v) is 1.02. The van der Waals surface area contributed by atoms with Crippen LogP contribution in [0.5, 0.6) is 5.75 Å². The summed E-state index contributed by atoms with van der Waals surface area (Å²) in [6, 6.07) is 3.51. The highest BCUT2D eigenvalue weighted by atomic mass is 35.5. The van der Waals surface area contributed by atoms with Gasteiger partial charge < -0.3 is 4.74 Å². The monoisotopic (exact) mass is 166 g/mol. The van der Waals surface area contributed by atoms with Crippen LogP contribution >= 0.6 is 11.6 Å². The van der Waals surface area contributed by atoms with Crippen LogP contribution in [-0.4, -0.2) is 15.0 Å². The Morgan fingerprint density at radius 2 is 2.09 bits per heavy atom. The van der Waals surface area contributed by atoms with E-state index in [0.717, 1.165) is 5.56 Å². The third-order valence-corrected chi connectivity index (χ3v) is 1.92. The van der Waals surface area contributed by atoms with Gasteiger partial charge in [-0.25, -0.2) is 0 Å². The Labute approximate surface area is 72.7 Å². The lowest BCUT2D eigenvalue weighted by molar-refractivity contribution is 0.418. The first-order chi connectivity index (χ1) is 5.15. The fourth-order valence-electron chi connectivity index (χ4n) is 0.862. The van der Waals surface area contributed by atoms with Crippen molar-refractivity contribution in [2.24, 2.45) is 0 Å². The molecule has 0 N–H and O–H groups in total. The summed E-state index contributed by atoms with van der Waals surface area (Å²) < 4.78 is 4.97. The van der Waals surface area contributed by atoms with Gasteiger partial charge in [0.2, 0.25) is 0 Å². The zero-order valence-corrected chi connectivity index (χ0v) is 7.27. The molecule has 0 amide bonds. The molecule has 0 bridgehead atoms. The number of rotatable bonds is 1. The van der Waals surface area contributed by atoms with Crippen molar-refractivity contribution in [3.05, 3.63) is 22.7 Å². The maximum Gasteiger partial charge on any atom is 0.119 e. The molecule has 0 aromatic heterocycles. The highest BCUT2D eigenvalue weighted by Gasteiger charge is 2.00. The molecule has 0 spiro atoms. The van der Waals surface area contributed by atoms with E-state index in [4.69, 9.17) is 24.2 Å². The summed E-state index contributed by atoms with van der Waals surface area (Å²) >= 11 is 5.83. The summed E-state index contributed by atoms with van der Waals surface area (Å²) in [7, 11) is 7.18. The van der Waals surface area contributed by atoms with Gasteiger partial charge in [0, 0.05) is 5.02 Å². The third-order valence-electron chi connectivity index (χ3n) is 1.51. The van der Waals surface area contributed by atoms with Crippen molar-refractivity contribution in [2.75, 3.05) is 7.11 Å². The zero-order chi connectivity index (χ0) is 8.43. The minimum atomic E-state index is 0.620. The van der Waals surface area contributed by atoms with Gasteiger partial charge >= 0.3 is 0 Å². The molecule has 56 valence electrons. The van der Waals surface area contributed by atoms with Gasteiger partial charge in [0.05, 0.1) is 7.11 Å². The standard InChI is InChI=1S/C8H8BClO/c1-5-3-6(9)8(11-2)4-7(5)10/h3-4H,1-2H3. The van der Waals surface area contributed by atoms with Crippen LogP contribution in [0.4, 0.5) is 0 Å². The Bertz CT molecular complexity index is 273. The second-order valence-corrected chi connectivity index (χ2v) is 2.75. The van der Waals surface area contributed by atoms with Crippen molar-refractivity contribution in [1.82, 2.24) is 0 Å². The summed E-state index contributed by atoms with van der Waals surface area (Å²) in [6.45, 7) is 1.90. The average molecular weight is 166 g/mol. The van der Waals surface area contributed by atoms with E-state index in [2.05, 4.69) is 0 Å². The number of methoxy groups -OCH3 is 1. The first-order valence-corrected chi connectivity index (χ1v) is 3.62. The molecule has 11 heavy (non-hydrogen) atoms. The van der Waals surface area contributed by atoms with Crippen LogP contribution in [0.15, 0.2) is 12.1 Å². The number of benzene rings is 1. The largest absolute Gasteiger partial charge is 0.497 e. The van der Waals surface area contributed by atoms with E-state index in [1.165, 1.54) is 0 Å². The Morgan fingerprint density at radius 3 is 2.64 bits per heavy atom. The number of hydrogen-bond donors (Lipinski definition) is 0. The van der Waals surface area contributed by atoms with Crippen molar-refractivity contribution < 1.29 is 4.74 Å². The Kier molecular flexibility index (Phi) is 2.45. The predicted molar refractivity (Wildman–Crippen MR) is 48.1 cm³/mol. The maximum atomic E-state index is 5.83. The van der Waals surface area contributed by atoms with Gasteiger partial charge in [0.1, 0.15) is 13.6 Å². The first-order valence-electron chi connectivity index (χ1n) is 3.24. The summed E-state index contributed by atoms with van der Waals surface area (Å²) in [5, 5.41) is 0.677. The predicted octanol–water partition coefficient (Wildman–Crippen LogP) is 1.45. The van der Waals surface area contributed by atoms with E-state index >= 15 is 0 Å². The normalized spacial score (nSPS) is 9.73. The molecule has 0 fully saturated rings. The SMILES string of the molecule is [B]c1cc(C)c(Cl)cc1OC. The van der Waals surface area contributed by atoms with Crippen LogP contribution < -0.4 is 10.2 Å². The van der Waals surface area contributed by atoms with Gasteiger partial charge in [-0.15, -0.1) is 0 Å². The number of halogens is 1. The van der Waals surface area contributed by atoms with E-state index in [9.17, 15) is 0 Å². The molecule has 0 aliphatic heterocycles. The molecular formula is C8H8BClO. The van der Waals surface area contributed by atoms with Crippen LogP contribution in [0.2, 0.25) is 5.02 Å². The van der Waals surface area contributed by atoms with Crippen molar-refractivity contribution in [3.8, 4) is 5.75 Å². The highest BCUT2D eigenvalue weighted by molar-refractivity contribution is 6.36. The highest BCUT2D eigenvalue weighted by Crippen LogP contribution is 2.18. The molecule has 1 aromatic rings. The average Bonchev–Trinajstić information content (AvgIpc) is 1.97. The second-order valence-electron chi connectivity index (χ2n) is 2.34. The summed E-state index contributed by atoms with van der Waals surface area (Å²) in [4.78, 5) is 0. The molecule has 1 rings (SSSR count).